The van der Waals surface area contributed by atoms with Crippen molar-refractivity contribution in [2.75, 3.05) is 24.6 Å². The lowest BCUT2D eigenvalue weighted by Gasteiger charge is -2.02. The van der Waals surface area contributed by atoms with Gasteiger partial charge in [0.1, 0.15) is 0 Å². The van der Waals surface area contributed by atoms with Gasteiger partial charge in [0.15, 0.2) is 0 Å². The molecule has 0 saturated heterocycles. The number of rotatable bonds is 13. The summed E-state index contributed by atoms with van der Waals surface area (Å²) in [6.07, 6.45) is 10.9. The summed E-state index contributed by atoms with van der Waals surface area (Å²) in [6, 6.07) is 0. The van der Waals surface area contributed by atoms with Crippen molar-refractivity contribution >= 4 is 46.4 Å². The van der Waals surface area contributed by atoms with E-state index in [0.29, 0.717) is 0 Å². The van der Waals surface area contributed by atoms with Gasteiger partial charge in [-0.2, -0.15) is 0 Å². The summed E-state index contributed by atoms with van der Waals surface area (Å²) >= 11 is 0. The fourth-order valence-electron chi connectivity index (χ4n) is 1.53. The number of hydrogen-bond donors (Lipinski definition) is 2. The minimum Gasteiger partial charge on any atom is -0.330 e. The average molecular weight is 337 g/mol. The minimum atomic E-state index is 0. The van der Waals surface area contributed by atoms with E-state index in [4.69, 9.17) is 11.5 Å². The van der Waals surface area contributed by atoms with E-state index in [9.17, 15) is 0 Å². The lowest BCUT2D eigenvalue weighted by Crippen LogP contribution is -1.99. The van der Waals surface area contributed by atoms with Crippen molar-refractivity contribution in [3.05, 3.63) is 0 Å². The Kier molecular flexibility index (Phi) is 31.4. The molecule has 0 bridgehead atoms. The lowest BCUT2D eigenvalue weighted by molar-refractivity contribution is 0.579. The normalized spacial score (nSPS) is 9.67. The summed E-state index contributed by atoms with van der Waals surface area (Å²) in [7, 11) is 3.89. The lowest BCUT2D eigenvalue weighted by atomic mass is 10.1. The Morgan fingerprint density at radius 2 is 0.944 bits per heavy atom. The zero-order chi connectivity index (χ0) is 11.9. The van der Waals surface area contributed by atoms with Crippen LogP contribution in [0.3, 0.4) is 0 Å². The number of hydrogen-bond acceptors (Lipinski definition) is 4. The molecular weight excluding hydrogens is 307 g/mol. The molecule has 0 radical (unpaired) electrons. The monoisotopic (exact) mass is 336 g/mol. The second-order valence-electron chi connectivity index (χ2n) is 4.05. The molecule has 6 heteroatoms. The van der Waals surface area contributed by atoms with Crippen LogP contribution >= 0.6 is 46.4 Å². The van der Waals surface area contributed by atoms with Crippen molar-refractivity contribution in [1.82, 2.24) is 0 Å². The van der Waals surface area contributed by atoms with Gasteiger partial charge in [0, 0.05) is 18.1 Å². The van der Waals surface area contributed by atoms with Gasteiger partial charge in [0.05, 0.1) is 0 Å². The maximum Gasteiger partial charge on any atom is 0.0160 e. The van der Waals surface area contributed by atoms with E-state index in [-0.39, 0.29) is 24.8 Å². The van der Waals surface area contributed by atoms with E-state index >= 15 is 0 Å². The Hall–Kier alpha value is 1.20. The van der Waals surface area contributed by atoms with Crippen LogP contribution in [0.5, 0.6) is 0 Å². The maximum atomic E-state index is 5.45. The van der Waals surface area contributed by atoms with Gasteiger partial charge in [-0.25, -0.2) is 0 Å². The topological polar surface area (TPSA) is 52.0 Å². The quantitative estimate of drug-likeness (QED) is 0.390. The third kappa shape index (κ3) is 22.4. The van der Waals surface area contributed by atoms with Crippen LogP contribution in [0.1, 0.15) is 51.4 Å². The van der Waals surface area contributed by atoms with Gasteiger partial charge in [-0.3, -0.25) is 0 Å². The molecule has 0 unspecified atom stereocenters. The molecule has 114 valence electrons. The molecule has 0 saturated carbocycles. The molecule has 0 amide bonds. The van der Waals surface area contributed by atoms with Crippen molar-refractivity contribution in [2.24, 2.45) is 11.5 Å². The first-order chi connectivity index (χ1) is 7.91. The standard InChI is InChI=1S/C12H28N2S2.2ClH/c13-9-7-5-3-1-2-4-6-8-11-15-16-12-10-14;;/h1-14H2;2*1H. The van der Waals surface area contributed by atoms with Crippen molar-refractivity contribution in [3.63, 3.8) is 0 Å². The van der Waals surface area contributed by atoms with Crippen LogP contribution in [0.25, 0.3) is 0 Å². The molecule has 18 heavy (non-hydrogen) atoms. The fraction of sp³-hybridized carbons (Fsp3) is 1.00. The summed E-state index contributed by atoms with van der Waals surface area (Å²) in [4.78, 5) is 0. The number of nitrogens with two attached hydrogens (primary N) is 2. The van der Waals surface area contributed by atoms with E-state index in [1.54, 1.807) is 0 Å². The summed E-state index contributed by atoms with van der Waals surface area (Å²) < 4.78 is 0. The molecule has 4 N–H and O–H groups in total. The summed E-state index contributed by atoms with van der Waals surface area (Å²) in [5, 5.41) is 0. The van der Waals surface area contributed by atoms with Crippen LogP contribution in [0.4, 0.5) is 0 Å². The SMILES string of the molecule is Cl.Cl.NCCCCCCCCCCSSCCN. The molecular formula is C12H30Cl2N2S2. The van der Waals surface area contributed by atoms with E-state index in [1.165, 1.54) is 57.1 Å². The Bertz CT molecular complexity index is 119. The Morgan fingerprint density at radius 3 is 1.44 bits per heavy atom. The minimum absolute atomic E-state index is 0. The predicted octanol–water partition coefficient (Wildman–Crippen LogP) is 4.25. The molecule has 0 rings (SSSR count). The first-order valence-corrected chi connectivity index (χ1v) is 9.05. The van der Waals surface area contributed by atoms with Crippen LogP contribution < -0.4 is 11.5 Å². The van der Waals surface area contributed by atoms with Gasteiger partial charge in [0.2, 0.25) is 0 Å². The van der Waals surface area contributed by atoms with Crippen molar-refractivity contribution in [1.29, 1.82) is 0 Å². The molecule has 0 aliphatic heterocycles. The highest BCUT2D eigenvalue weighted by atomic mass is 35.5. The second kappa shape index (κ2) is 23.3. The van der Waals surface area contributed by atoms with Gasteiger partial charge < -0.3 is 11.5 Å². The van der Waals surface area contributed by atoms with Gasteiger partial charge in [-0.15, -0.1) is 24.8 Å². The molecule has 0 fully saturated rings. The van der Waals surface area contributed by atoms with Gasteiger partial charge >= 0.3 is 0 Å². The molecule has 0 aromatic carbocycles. The fourth-order valence-corrected chi connectivity index (χ4v) is 3.54. The molecule has 0 heterocycles. The molecule has 0 atom stereocenters. The van der Waals surface area contributed by atoms with Crippen LogP contribution in [-0.4, -0.2) is 24.6 Å². The van der Waals surface area contributed by atoms with Gasteiger partial charge in [-0.1, -0.05) is 60.1 Å². The van der Waals surface area contributed by atoms with Crippen LogP contribution in [0, 0.1) is 0 Å². The van der Waals surface area contributed by atoms with Gasteiger partial charge in [-0.05, 0) is 19.4 Å². The van der Waals surface area contributed by atoms with Crippen molar-refractivity contribution in [2.45, 2.75) is 51.4 Å². The molecule has 0 aromatic rings. The van der Waals surface area contributed by atoms with Crippen molar-refractivity contribution in [3.8, 4) is 0 Å². The highest BCUT2D eigenvalue weighted by Gasteiger charge is 1.93. The average Bonchev–Trinajstić information content (AvgIpc) is 2.31. The Labute approximate surface area is 133 Å². The zero-order valence-electron chi connectivity index (χ0n) is 11.3. The third-order valence-corrected chi connectivity index (χ3v) is 4.99. The van der Waals surface area contributed by atoms with Crippen LogP contribution in [-0.2, 0) is 0 Å². The smallest absolute Gasteiger partial charge is 0.0160 e. The third-order valence-electron chi connectivity index (χ3n) is 2.47. The highest BCUT2D eigenvalue weighted by Crippen LogP contribution is 2.22. The Balaban J connectivity index is -0.00000112. The molecule has 2 nitrogen and oxygen atoms in total. The first kappa shape index (κ1) is 24.2. The van der Waals surface area contributed by atoms with E-state index in [1.807, 2.05) is 21.6 Å². The largest absolute Gasteiger partial charge is 0.330 e. The molecule has 0 aliphatic carbocycles. The summed E-state index contributed by atoms with van der Waals surface area (Å²) in [5.41, 5.74) is 10.9. The zero-order valence-corrected chi connectivity index (χ0v) is 14.5. The number of halogens is 2. The number of unbranched alkanes of at least 4 members (excludes halogenated alkanes) is 7. The highest BCUT2D eigenvalue weighted by molar-refractivity contribution is 8.76. The summed E-state index contributed by atoms with van der Waals surface area (Å²) in [5.74, 6) is 2.38. The second-order valence-corrected chi connectivity index (χ2v) is 6.75. The Morgan fingerprint density at radius 1 is 0.500 bits per heavy atom. The van der Waals surface area contributed by atoms with E-state index < -0.39 is 0 Å². The van der Waals surface area contributed by atoms with Crippen LogP contribution in [0.2, 0.25) is 0 Å². The molecule has 0 spiro atoms. The molecule has 0 aromatic heterocycles. The van der Waals surface area contributed by atoms with Crippen LogP contribution in [0.15, 0.2) is 0 Å². The maximum absolute atomic E-state index is 5.45. The molecule has 0 aliphatic rings. The van der Waals surface area contributed by atoms with E-state index in [2.05, 4.69) is 0 Å². The van der Waals surface area contributed by atoms with Gasteiger partial charge in [0.25, 0.3) is 0 Å². The van der Waals surface area contributed by atoms with E-state index in [0.717, 1.165) is 18.8 Å². The predicted molar refractivity (Wildman–Crippen MR) is 94.5 cm³/mol. The summed E-state index contributed by atoms with van der Waals surface area (Å²) in [6.45, 7) is 1.66. The van der Waals surface area contributed by atoms with Crippen molar-refractivity contribution < 1.29 is 0 Å². The first-order valence-electron chi connectivity index (χ1n) is 6.56.